The van der Waals surface area contributed by atoms with Crippen molar-refractivity contribution in [2.75, 3.05) is 5.32 Å². The van der Waals surface area contributed by atoms with Gasteiger partial charge in [-0.25, -0.2) is 0 Å². The molecule has 0 aliphatic rings. The van der Waals surface area contributed by atoms with Crippen LogP contribution in [-0.4, -0.2) is 10.5 Å². The van der Waals surface area contributed by atoms with E-state index in [0.717, 1.165) is 27.1 Å². The molecule has 1 N–H and O–H groups in total. The highest BCUT2D eigenvalue weighted by molar-refractivity contribution is 9.10. The highest BCUT2D eigenvalue weighted by Crippen LogP contribution is 2.32. The molecule has 0 aliphatic heterocycles. The standard InChI is InChI=1S/C22H17BrClN3O/c1-14-20(21(23)15(2)27(14)19-6-4-3-5-7-19)12-16(13-25)22(28)26-18-10-8-17(24)9-11-18/h3-12H,1-2H3,(H,26,28)/b16-12-. The Balaban J connectivity index is 1.98. The van der Waals surface area contributed by atoms with Crippen LogP contribution in [0.2, 0.25) is 5.02 Å². The molecule has 4 nitrogen and oxygen atoms in total. The fraction of sp³-hybridized carbons (Fsp3) is 0.0909. The Bertz CT molecular complexity index is 1090. The molecule has 2 aromatic carbocycles. The number of carbonyl (C=O) groups is 1. The van der Waals surface area contributed by atoms with E-state index < -0.39 is 5.91 Å². The number of nitrogens with one attached hydrogen (secondary N) is 1. The summed E-state index contributed by atoms with van der Waals surface area (Å²) >= 11 is 9.47. The summed E-state index contributed by atoms with van der Waals surface area (Å²) in [5, 5.41) is 12.8. The first-order chi connectivity index (χ1) is 13.4. The molecule has 0 saturated heterocycles. The van der Waals surface area contributed by atoms with E-state index >= 15 is 0 Å². The molecule has 3 rings (SSSR count). The van der Waals surface area contributed by atoms with Gasteiger partial charge in [0.1, 0.15) is 11.6 Å². The first kappa shape index (κ1) is 19.9. The second kappa shape index (κ2) is 8.47. The first-order valence-electron chi connectivity index (χ1n) is 8.54. The molecule has 28 heavy (non-hydrogen) atoms. The normalized spacial score (nSPS) is 11.2. The summed E-state index contributed by atoms with van der Waals surface area (Å²) in [6.07, 6.45) is 1.61. The maximum Gasteiger partial charge on any atom is 0.266 e. The molecule has 0 radical (unpaired) electrons. The van der Waals surface area contributed by atoms with Gasteiger partial charge in [-0.15, -0.1) is 0 Å². The average Bonchev–Trinajstić information content (AvgIpc) is 2.91. The minimum atomic E-state index is -0.471. The summed E-state index contributed by atoms with van der Waals surface area (Å²) < 4.78 is 2.93. The minimum Gasteiger partial charge on any atom is -0.321 e. The average molecular weight is 455 g/mol. The third kappa shape index (κ3) is 4.04. The molecule has 0 atom stereocenters. The van der Waals surface area contributed by atoms with Crippen molar-refractivity contribution in [2.24, 2.45) is 0 Å². The van der Waals surface area contributed by atoms with Crippen LogP contribution in [0.5, 0.6) is 0 Å². The first-order valence-corrected chi connectivity index (χ1v) is 9.71. The van der Waals surface area contributed by atoms with Crippen molar-refractivity contribution in [1.29, 1.82) is 5.26 Å². The third-order valence-corrected chi connectivity index (χ3v) is 5.64. The van der Waals surface area contributed by atoms with Crippen LogP contribution in [0.15, 0.2) is 64.6 Å². The van der Waals surface area contributed by atoms with Crippen molar-refractivity contribution < 1.29 is 4.79 Å². The van der Waals surface area contributed by atoms with Crippen LogP contribution in [0.1, 0.15) is 17.0 Å². The van der Waals surface area contributed by atoms with Crippen molar-refractivity contribution in [2.45, 2.75) is 13.8 Å². The van der Waals surface area contributed by atoms with Gasteiger partial charge in [0.15, 0.2) is 0 Å². The van der Waals surface area contributed by atoms with Gasteiger partial charge < -0.3 is 9.88 Å². The van der Waals surface area contributed by atoms with E-state index in [1.54, 1.807) is 30.3 Å². The van der Waals surface area contributed by atoms with E-state index in [9.17, 15) is 10.1 Å². The Morgan fingerprint density at radius 3 is 2.36 bits per heavy atom. The zero-order valence-corrected chi connectivity index (χ0v) is 17.7. The number of benzene rings is 2. The summed E-state index contributed by atoms with van der Waals surface area (Å²) in [5.74, 6) is -0.471. The summed E-state index contributed by atoms with van der Waals surface area (Å²) in [6, 6.07) is 18.7. The molecule has 3 aromatic rings. The fourth-order valence-electron chi connectivity index (χ4n) is 2.98. The highest BCUT2D eigenvalue weighted by atomic mass is 79.9. The molecule has 0 spiro atoms. The molecule has 140 valence electrons. The molecule has 1 amide bonds. The SMILES string of the molecule is Cc1c(Br)c(/C=C(/C#N)C(=O)Nc2ccc(Cl)cc2)c(C)n1-c1ccccc1. The van der Waals surface area contributed by atoms with Crippen LogP contribution < -0.4 is 5.32 Å². The number of nitrogens with zero attached hydrogens (tertiary/aromatic N) is 2. The molecule has 0 fully saturated rings. The van der Waals surface area contributed by atoms with E-state index in [4.69, 9.17) is 11.6 Å². The van der Waals surface area contributed by atoms with Gasteiger partial charge in [-0.05, 0) is 72.3 Å². The zero-order chi connectivity index (χ0) is 20.3. The van der Waals surface area contributed by atoms with Crippen molar-refractivity contribution in [3.05, 3.63) is 86.6 Å². The van der Waals surface area contributed by atoms with Crippen LogP contribution in [0.3, 0.4) is 0 Å². The number of carbonyl (C=O) groups excluding carboxylic acids is 1. The van der Waals surface area contributed by atoms with Crippen LogP contribution in [0, 0.1) is 25.2 Å². The third-order valence-electron chi connectivity index (χ3n) is 4.38. The quantitative estimate of drug-likeness (QED) is 0.385. The number of hydrogen-bond acceptors (Lipinski definition) is 2. The van der Waals surface area contributed by atoms with E-state index in [0.29, 0.717) is 10.7 Å². The maximum absolute atomic E-state index is 12.6. The van der Waals surface area contributed by atoms with E-state index in [-0.39, 0.29) is 5.57 Å². The van der Waals surface area contributed by atoms with Gasteiger partial charge in [0, 0.05) is 37.8 Å². The van der Waals surface area contributed by atoms with Crippen molar-refractivity contribution in [3.8, 4) is 11.8 Å². The lowest BCUT2D eigenvalue weighted by Crippen LogP contribution is -2.13. The minimum absolute atomic E-state index is 0.0176. The van der Waals surface area contributed by atoms with Crippen LogP contribution >= 0.6 is 27.5 Å². The topological polar surface area (TPSA) is 57.8 Å². The van der Waals surface area contributed by atoms with Gasteiger partial charge in [-0.3, -0.25) is 4.79 Å². The number of aromatic nitrogens is 1. The van der Waals surface area contributed by atoms with Crippen LogP contribution in [0.25, 0.3) is 11.8 Å². The molecule has 0 aliphatic carbocycles. The molecule has 0 bridgehead atoms. The zero-order valence-electron chi connectivity index (χ0n) is 15.3. The lowest BCUT2D eigenvalue weighted by Gasteiger charge is -2.09. The van der Waals surface area contributed by atoms with Gasteiger partial charge in [0.2, 0.25) is 0 Å². The number of anilines is 1. The second-order valence-corrected chi connectivity index (χ2v) is 7.43. The maximum atomic E-state index is 12.6. The Hall–Kier alpha value is -2.81. The van der Waals surface area contributed by atoms with Crippen molar-refractivity contribution in [1.82, 2.24) is 4.57 Å². The van der Waals surface area contributed by atoms with E-state index in [2.05, 4.69) is 25.8 Å². The Kier molecular flexibility index (Phi) is 6.03. The number of para-hydroxylation sites is 1. The van der Waals surface area contributed by atoms with Crippen molar-refractivity contribution >= 4 is 45.2 Å². The number of nitriles is 1. The molecular weight excluding hydrogens is 438 g/mol. The molecule has 1 heterocycles. The summed E-state index contributed by atoms with van der Waals surface area (Å²) in [4.78, 5) is 12.6. The van der Waals surface area contributed by atoms with Gasteiger partial charge in [0.05, 0.1) is 0 Å². The van der Waals surface area contributed by atoms with Crippen molar-refractivity contribution in [3.63, 3.8) is 0 Å². The molecule has 6 heteroatoms. The van der Waals surface area contributed by atoms with Crippen LogP contribution in [0.4, 0.5) is 5.69 Å². The number of halogens is 2. The summed E-state index contributed by atoms with van der Waals surface area (Å²) in [6.45, 7) is 3.95. The second-order valence-electron chi connectivity index (χ2n) is 6.20. The molecule has 0 unspecified atom stereocenters. The van der Waals surface area contributed by atoms with E-state index in [1.807, 2.05) is 50.2 Å². The Labute approximate surface area is 177 Å². The molecule has 1 aromatic heterocycles. The monoisotopic (exact) mass is 453 g/mol. The van der Waals surface area contributed by atoms with Gasteiger partial charge in [0.25, 0.3) is 5.91 Å². The molecule has 0 saturated carbocycles. The summed E-state index contributed by atoms with van der Waals surface area (Å²) in [7, 11) is 0. The van der Waals surface area contributed by atoms with E-state index in [1.165, 1.54) is 0 Å². The number of hydrogen-bond donors (Lipinski definition) is 1. The predicted octanol–water partition coefficient (Wildman–Crippen LogP) is 6.06. The predicted molar refractivity (Wildman–Crippen MR) is 117 cm³/mol. The highest BCUT2D eigenvalue weighted by Gasteiger charge is 2.18. The lowest BCUT2D eigenvalue weighted by atomic mass is 10.1. The Morgan fingerprint density at radius 1 is 1.11 bits per heavy atom. The van der Waals surface area contributed by atoms with Crippen LogP contribution in [-0.2, 0) is 4.79 Å². The van der Waals surface area contributed by atoms with Gasteiger partial charge >= 0.3 is 0 Å². The van der Waals surface area contributed by atoms with Gasteiger partial charge in [-0.1, -0.05) is 29.8 Å². The molecular formula is C22H17BrClN3O. The largest absolute Gasteiger partial charge is 0.321 e. The summed E-state index contributed by atoms with van der Waals surface area (Å²) in [5.41, 5.74) is 4.33. The Morgan fingerprint density at radius 2 is 1.75 bits per heavy atom. The fourth-order valence-corrected chi connectivity index (χ4v) is 3.69. The lowest BCUT2D eigenvalue weighted by molar-refractivity contribution is -0.112. The smallest absolute Gasteiger partial charge is 0.266 e. The number of amides is 1. The number of rotatable bonds is 4. The van der Waals surface area contributed by atoms with Gasteiger partial charge in [-0.2, -0.15) is 5.26 Å².